The summed E-state index contributed by atoms with van der Waals surface area (Å²) >= 11 is 0. The quantitative estimate of drug-likeness (QED) is 0.919. The lowest BCUT2D eigenvalue weighted by molar-refractivity contribution is 0.0947. The van der Waals surface area contributed by atoms with E-state index in [1.807, 2.05) is 12.1 Å². The minimum atomic E-state index is -0.333. The molecule has 0 atom stereocenters. The molecular weight excluding hydrogens is 320 g/mol. The fourth-order valence-electron chi connectivity index (χ4n) is 2.84. The summed E-state index contributed by atoms with van der Waals surface area (Å²) < 4.78 is 5.04. The van der Waals surface area contributed by atoms with Gasteiger partial charge in [-0.25, -0.2) is 4.79 Å². The van der Waals surface area contributed by atoms with Crippen molar-refractivity contribution in [2.45, 2.75) is 26.4 Å². The number of rotatable bonds is 4. The van der Waals surface area contributed by atoms with E-state index >= 15 is 0 Å². The molecule has 0 fully saturated rings. The molecule has 7 nitrogen and oxygen atoms in total. The smallest absolute Gasteiger partial charge is 0.410 e. The number of carbonyl (C=O) groups is 2. The summed E-state index contributed by atoms with van der Waals surface area (Å²) in [7, 11) is 0. The molecule has 0 spiro atoms. The van der Waals surface area contributed by atoms with E-state index in [9.17, 15) is 9.59 Å². The summed E-state index contributed by atoms with van der Waals surface area (Å²) in [6, 6.07) is 3.71. The Bertz CT molecular complexity index is 764. The molecule has 1 aliphatic rings. The van der Waals surface area contributed by atoms with Gasteiger partial charge in [-0.3, -0.25) is 14.8 Å². The van der Waals surface area contributed by atoms with E-state index in [0.29, 0.717) is 38.2 Å². The zero-order valence-electron chi connectivity index (χ0n) is 14.1. The molecular formula is C18H20N4O3. The topological polar surface area (TPSA) is 84.4 Å². The number of carbonyl (C=O) groups excluding carboxylic acids is 2. The predicted octanol–water partition coefficient (Wildman–Crippen LogP) is 1.92. The van der Waals surface area contributed by atoms with Gasteiger partial charge in [-0.2, -0.15) is 0 Å². The van der Waals surface area contributed by atoms with Gasteiger partial charge in [-0.05, 0) is 42.2 Å². The number of pyridine rings is 2. The number of aromatic nitrogens is 2. The van der Waals surface area contributed by atoms with E-state index in [1.165, 1.54) is 0 Å². The maximum atomic E-state index is 12.5. The van der Waals surface area contributed by atoms with Crippen molar-refractivity contribution in [2.24, 2.45) is 0 Å². The SMILES string of the molecule is CCOC(=O)N1CCc2c(cncc2C(=O)NCc2ccncc2)C1. The Morgan fingerprint density at radius 1 is 1.24 bits per heavy atom. The number of fused-ring (bicyclic) bond motifs is 1. The molecule has 0 radical (unpaired) electrons. The van der Waals surface area contributed by atoms with Crippen LogP contribution in [0.2, 0.25) is 0 Å². The number of ether oxygens (including phenoxy) is 1. The minimum Gasteiger partial charge on any atom is -0.450 e. The Labute approximate surface area is 146 Å². The molecule has 0 aliphatic carbocycles. The third-order valence-electron chi connectivity index (χ3n) is 4.11. The van der Waals surface area contributed by atoms with Crippen LogP contribution in [0.4, 0.5) is 4.79 Å². The average molecular weight is 340 g/mol. The highest BCUT2D eigenvalue weighted by atomic mass is 16.6. The van der Waals surface area contributed by atoms with Gasteiger partial charge in [0, 0.05) is 37.9 Å². The Morgan fingerprint density at radius 2 is 2.04 bits per heavy atom. The van der Waals surface area contributed by atoms with Crippen LogP contribution in [-0.2, 0) is 24.2 Å². The highest BCUT2D eigenvalue weighted by molar-refractivity contribution is 5.95. The molecule has 0 saturated heterocycles. The molecule has 3 heterocycles. The molecule has 1 aliphatic heterocycles. The molecule has 7 heteroatoms. The normalized spacial score (nSPS) is 13.1. The first kappa shape index (κ1) is 16.9. The predicted molar refractivity (Wildman–Crippen MR) is 90.8 cm³/mol. The molecule has 130 valence electrons. The van der Waals surface area contributed by atoms with Gasteiger partial charge in [0.25, 0.3) is 5.91 Å². The number of amides is 2. The summed E-state index contributed by atoms with van der Waals surface area (Å²) in [5, 5.41) is 2.91. The molecule has 0 saturated carbocycles. The van der Waals surface area contributed by atoms with E-state index in [2.05, 4.69) is 15.3 Å². The fraction of sp³-hybridized carbons (Fsp3) is 0.333. The van der Waals surface area contributed by atoms with E-state index < -0.39 is 0 Å². The molecule has 2 aromatic heterocycles. The van der Waals surface area contributed by atoms with Crippen molar-refractivity contribution in [3.05, 3.63) is 59.2 Å². The first-order valence-corrected chi connectivity index (χ1v) is 8.23. The number of hydrogen-bond donors (Lipinski definition) is 1. The van der Waals surface area contributed by atoms with Gasteiger partial charge >= 0.3 is 6.09 Å². The molecule has 0 bridgehead atoms. The minimum absolute atomic E-state index is 0.161. The molecule has 2 amide bonds. The van der Waals surface area contributed by atoms with Crippen molar-refractivity contribution < 1.29 is 14.3 Å². The van der Waals surface area contributed by atoms with Gasteiger partial charge in [0.15, 0.2) is 0 Å². The molecule has 3 rings (SSSR count). The van der Waals surface area contributed by atoms with Crippen molar-refractivity contribution in [1.29, 1.82) is 0 Å². The first-order chi connectivity index (χ1) is 12.2. The zero-order valence-corrected chi connectivity index (χ0v) is 14.1. The number of nitrogens with zero attached hydrogens (tertiary/aromatic N) is 3. The van der Waals surface area contributed by atoms with Crippen LogP contribution in [0.3, 0.4) is 0 Å². The molecule has 0 aromatic carbocycles. The highest BCUT2D eigenvalue weighted by Crippen LogP contribution is 2.22. The lowest BCUT2D eigenvalue weighted by Crippen LogP contribution is -2.37. The van der Waals surface area contributed by atoms with Crippen LogP contribution in [0.25, 0.3) is 0 Å². The van der Waals surface area contributed by atoms with Crippen molar-refractivity contribution in [1.82, 2.24) is 20.2 Å². The van der Waals surface area contributed by atoms with E-state index in [4.69, 9.17) is 4.74 Å². The lowest BCUT2D eigenvalue weighted by atomic mass is 9.97. The van der Waals surface area contributed by atoms with Crippen molar-refractivity contribution >= 4 is 12.0 Å². The third-order valence-corrected chi connectivity index (χ3v) is 4.11. The second-order valence-electron chi connectivity index (χ2n) is 5.73. The largest absolute Gasteiger partial charge is 0.450 e. The van der Waals surface area contributed by atoms with Gasteiger partial charge < -0.3 is 15.0 Å². The van der Waals surface area contributed by atoms with Crippen molar-refractivity contribution in [3.63, 3.8) is 0 Å². The Balaban J connectivity index is 1.71. The fourth-order valence-corrected chi connectivity index (χ4v) is 2.84. The second-order valence-corrected chi connectivity index (χ2v) is 5.73. The van der Waals surface area contributed by atoms with Crippen LogP contribution in [0.15, 0.2) is 36.9 Å². The number of nitrogens with one attached hydrogen (secondary N) is 1. The second kappa shape index (κ2) is 7.74. The van der Waals surface area contributed by atoms with Crippen LogP contribution in [0.5, 0.6) is 0 Å². The van der Waals surface area contributed by atoms with Crippen molar-refractivity contribution in [3.8, 4) is 0 Å². The summed E-state index contributed by atoms with van der Waals surface area (Å²) in [6.07, 6.45) is 6.95. The first-order valence-electron chi connectivity index (χ1n) is 8.23. The van der Waals surface area contributed by atoms with Gasteiger partial charge in [-0.1, -0.05) is 0 Å². The van der Waals surface area contributed by atoms with Crippen molar-refractivity contribution in [2.75, 3.05) is 13.2 Å². The molecule has 25 heavy (non-hydrogen) atoms. The monoisotopic (exact) mass is 340 g/mol. The Morgan fingerprint density at radius 3 is 2.80 bits per heavy atom. The summed E-state index contributed by atoms with van der Waals surface area (Å²) in [5.41, 5.74) is 3.38. The van der Waals surface area contributed by atoms with E-state index in [-0.39, 0.29) is 12.0 Å². The summed E-state index contributed by atoms with van der Waals surface area (Å²) in [4.78, 5) is 34.2. The standard InChI is InChI=1S/C18H20N4O3/c1-2-25-18(24)22-8-5-15-14(12-22)10-20-11-16(15)17(23)21-9-13-3-6-19-7-4-13/h3-4,6-7,10-11H,2,5,8-9,12H2,1H3,(H,21,23). The van der Waals surface area contributed by atoms with E-state index in [1.54, 1.807) is 36.6 Å². The van der Waals surface area contributed by atoms with Crippen LogP contribution in [-0.4, -0.2) is 40.0 Å². The Hall–Kier alpha value is -2.96. The average Bonchev–Trinajstić information content (AvgIpc) is 2.66. The maximum Gasteiger partial charge on any atom is 0.410 e. The molecule has 2 aromatic rings. The van der Waals surface area contributed by atoms with Gasteiger partial charge in [-0.15, -0.1) is 0 Å². The van der Waals surface area contributed by atoms with Crippen LogP contribution in [0, 0.1) is 0 Å². The summed E-state index contributed by atoms with van der Waals surface area (Å²) in [5.74, 6) is -0.161. The van der Waals surface area contributed by atoms with Gasteiger partial charge in [0.1, 0.15) is 0 Å². The van der Waals surface area contributed by atoms with Gasteiger partial charge in [0.05, 0.1) is 18.7 Å². The highest BCUT2D eigenvalue weighted by Gasteiger charge is 2.25. The van der Waals surface area contributed by atoms with E-state index in [0.717, 1.165) is 16.7 Å². The Kier molecular flexibility index (Phi) is 5.23. The third kappa shape index (κ3) is 3.93. The zero-order chi connectivity index (χ0) is 17.6. The summed E-state index contributed by atoms with van der Waals surface area (Å²) in [6.45, 7) is 3.49. The maximum absolute atomic E-state index is 12.5. The number of hydrogen-bond acceptors (Lipinski definition) is 5. The van der Waals surface area contributed by atoms with Crippen LogP contribution < -0.4 is 5.32 Å². The molecule has 1 N–H and O–H groups in total. The molecule has 0 unspecified atom stereocenters. The van der Waals surface area contributed by atoms with Gasteiger partial charge in [0.2, 0.25) is 0 Å². The van der Waals surface area contributed by atoms with Crippen LogP contribution >= 0.6 is 0 Å². The van der Waals surface area contributed by atoms with Crippen LogP contribution in [0.1, 0.15) is 34.0 Å². The lowest BCUT2D eigenvalue weighted by Gasteiger charge is -2.28.